The number of aromatic nitrogens is 2. The monoisotopic (exact) mass is 308 g/mol. The van der Waals surface area contributed by atoms with Crippen LogP contribution < -0.4 is 4.74 Å². The molecule has 2 aromatic rings. The van der Waals surface area contributed by atoms with Gasteiger partial charge in [-0.05, 0) is 38.1 Å². The quantitative estimate of drug-likeness (QED) is 0.875. The lowest BCUT2D eigenvalue weighted by atomic mass is 10.3. The average Bonchev–Trinajstić information content (AvgIpc) is 2.66. The van der Waals surface area contributed by atoms with Crippen molar-refractivity contribution in [3.8, 4) is 5.75 Å². The first-order valence-electron chi connectivity index (χ1n) is 5.51. The number of aryl methyl sites for hydroxylation is 2. The molecule has 18 heavy (non-hydrogen) atoms. The number of benzene rings is 1. The summed E-state index contributed by atoms with van der Waals surface area (Å²) in [5, 5.41) is 4.12. The van der Waals surface area contributed by atoms with E-state index in [-0.39, 0.29) is 12.5 Å². The van der Waals surface area contributed by atoms with Crippen molar-refractivity contribution in [1.29, 1.82) is 0 Å². The van der Waals surface area contributed by atoms with Crippen molar-refractivity contribution < 1.29 is 9.53 Å². The van der Waals surface area contributed by atoms with Crippen molar-refractivity contribution in [2.75, 3.05) is 6.61 Å². The van der Waals surface area contributed by atoms with Gasteiger partial charge in [-0.2, -0.15) is 5.10 Å². The van der Waals surface area contributed by atoms with Crippen LogP contribution in [-0.2, 0) is 0 Å². The predicted molar refractivity (Wildman–Crippen MR) is 72.0 cm³/mol. The number of nitrogens with zero attached hydrogens (tertiary/aromatic N) is 2. The van der Waals surface area contributed by atoms with Crippen LogP contribution in [0.4, 0.5) is 0 Å². The fourth-order valence-corrected chi connectivity index (χ4v) is 2.02. The van der Waals surface area contributed by atoms with Gasteiger partial charge < -0.3 is 4.74 Å². The van der Waals surface area contributed by atoms with E-state index in [1.165, 1.54) is 4.68 Å². The maximum absolute atomic E-state index is 11.9. The summed E-state index contributed by atoms with van der Waals surface area (Å²) >= 11 is 3.35. The summed E-state index contributed by atoms with van der Waals surface area (Å²) in [6.45, 7) is 3.67. The first kappa shape index (κ1) is 12.8. The van der Waals surface area contributed by atoms with Gasteiger partial charge in [-0.3, -0.25) is 4.79 Å². The zero-order chi connectivity index (χ0) is 13.1. The van der Waals surface area contributed by atoms with E-state index in [9.17, 15) is 4.79 Å². The van der Waals surface area contributed by atoms with E-state index in [2.05, 4.69) is 21.0 Å². The minimum atomic E-state index is -0.180. The third kappa shape index (κ3) is 2.98. The van der Waals surface area contributed by atoms with Crippen molar-refractivity contribution in [2.45, 2.75) is 13.8 Å². The average molecular weight is 309 g/mol. The van der Waals surface area contributed by atoms with Crippen molar-refractivity contribution in [3.63, 3.8) is 0 Å². The van der Waals surface area contributed by atoms with Gasteiger partial charge in [-0.25, -0.2) is 4.68 Å². The Hall–Kier alpha value is -1.62. The van der Waals surface area contributed by atoms with Crippen LogP contribution in [0.3, 0.4) is 0 Å². The molecule has 0 unspecified atom stereocenters. The van der Waals surface area contributed by atoms with E-state index in [0.717, 1.165) is 15.9 Å². The molecule has 0 radical (unpaired) electrons. The summed E-state index contributed by atoms with van der Waals surface area (Å²) in [5.74, 6) is 0.472. The Balaban J connectivity index is 2.03. The topological polar surface area (TPSA) is 44.1 Å². The first-order chi connectivity index (χ1) is 8.56. The zero-order valence-electron chi connectivity index (χ0n) is 10.2. The number of hydrogen-bond acceptors (Lipinski definition) is 3. The van der Waals surface area contributed by atoms with Crippen LogP contribution >= 0.6 is 15.9 Å². The molecule has 0 saturated heterocycles. The van der Waals surface area contributed by atoms with Gasteiger partial charge in [0.1, 0.15) is 5.75 Å². The minimum absolute atomic E-state index is 0.0294. The van der Waals surface area contributed by atoms with E-state index in [0.29, 0.717) is 5.75 Å². The zero-order valence-corrected chi connectivity index (χ0v) is 11.8. The van der Waals surface area contributed by atoms with Crippen molar-refractivity contribution >= 4 is 21.8 Å². The number of rotatable bonds is 3. The smallest absolute Gasteiger partial charge is 0.284 e. The second-order valence-electron chi connectivity index (χ2n) is 3.98. The fraction of sp³-hybridized carbons (Fsp3) is 0.231. The highest BCUT2D eigenvalue weighted by molar-refractivity contribution is 9.10. The Morgan fingerprint density at radius 2 is 2.17 bits per heavy atom. The second kappa shape index (κ2) is 5.35. The lowest BCUT2D eigenvalue weighted by Gasteiger charge is -2.06. The fourth-order valence-electron chi connectivity index (χ4n) is 1.64. The van der Waals surface area contributed by atoms with Crippen molar-refractivity contribution in [3.05, 3.63) is 46.2 Å². The number of hydrogen-bond donors (Lipinski definition) is 0. The Kier molecular flexibility index (Phi) is 3.81. The third-order valence-electron chi connectivity index (χ3n) is 2.40. The maximum atomic E-state index is 11.9. The number of carbonyl (C=O) groups is 1. The van der Waals surface area contributed by atoms with Crippen LogP contribution in [0.5, 0.6) is 5.75 Å². The van der Waals surface area contributed by atoms with E-state index in [1.807, 2.05) is 38.1 Å². The molecule has 2 rings (SSSR count). The van der Waals surface area contributed by atoms with Gasteiger partial charge in [0.2, 0.25) is 0 Å². The lowest BCUT2D eigenvalue weighted by molar-refractivity contribution is 0.0818. The molecule has 0 aliphatic heterocycles. The largest absolute Gasteiger partial charge is 0.484 e. The Morgan fingerprint density at radius 3 is 2.78 bits per heavy atom. The molecule has 4 nitrogen and oxygen atoms in total. The van der Waals surface area contributed by atoms with Crippen LogP contribution in [0.15, 0.2) is 34.8 Å². The van der Waals surface area contributed by atoms with E-state index >= 15 is 0 Å². The molecule has 0 aliphatic carbocycles. The van der Waals surface area contributed by atoms with Crippen molar-refractivity contribution in [1.82, 2.24) is 9.78 Å². The van der Waals surface area contributed by atoms with Gasteiger partial charge in [-0.15, -0.1) is 0 Å². The minimum Gasteiger partial charge on any atom is -0.484 e. The second-order valence-corrected chi connectivity index (χ2v) is 4.89. The molecule has 0 spiro atoms. The molecule has 0 amide bonds. The molecule has 5 heteroatoms. The van der Waals surface area contributed by atoms with Gasteiger partial charge in [-0.1, -0.05) is 22.0 Å². The highest BCUT2D eigenvalue weighted by atomic mass is 79.9. The molecule has 0 saturated carbocycles. The van der Waals surface area contributed by atoms with Gasteiger partial charge in [0, 0.05) is 10.2 Å². The summed E-state index contributed by atoms with van der Waals surface area (Å²) in [4.78, 5) is 11.9. The number of ether oxygens (including phenoxy) is 1. The number of halogens is 1. The Morgan fingerprint density at radius 1 is 1.39 bits per heavy atom. The van der Waals surface area contributed by atoms with E-state index in [4.69, 9.17) is 4.74 Å². The summed E-state index contributed by atoms with van der Waals surface area (Å²) < 4.78 is 7.71. The highest BCUT2D eigenvalue weighted by Crippen LogP contribution is 2.17. The van der Waals surface area contributed by atoms with Crippen LogP contribution in [0.25, 0.3) is 0 Å². The van der Waals surface area contributed by atoms with Gasteiger partial charge in [0.05, 0.1) is 5.69 Å². The molecule has 1 aromatic heterocycles. The first-order valence-corrected chi connectivity index (χ1v) is 6.30. The SMILES string of the molecule is Cc1cc(C)n(C(=O)COc2cccc(Br)c2)n1. The molecular formula is C13H13BrN2O2. The van der Waals surface area contributed by atoms with E-state index in [1.54, 1.807) is 6.07 Å². The van der Waals surface area contributed by atoms with Crippen LogP contribution in [0.1, 0.15) is 16.2 Å². The molecule has 1 heterocycles. The van der Waals surface area contributed by atoms with Crippen LogP contribution in [0.2, 0.25) is 0 Å². The van der Waals surface area contributed by atoms with Gasteiger partial charge >= 0.3 is 0 Å². The molecular weight excluding hydrogens is 296 g/mol. The van der Waals surface area contributed by atoms with E-state index < -0.39 is 0 Å². The standard InChI is InChI=1S/C13H13BrN2O2/c1-9-6-10(2)16(15-9)13(17)8-18-12-5-3-4-11(14)7-12/h3-7H,8H2,1-2H3. The molecule has 0 atom stereocenters. The summed E-state index contributed by atoms with van der Waals surface area (Å²) in [7, 11) is 0. The Bertz CT molecular complexity index is 578. The summed E-state index contributed by atoms with van der Waals surface area (Å²) in [5.41, 5.74) is 1.64. The van der Waals surface area contributed by atoms with Crippen LogP contribution in [0, 0.1) is 13.8 Å². The molecule has 0 fully saturated rings. The van der Waals surface area contributed by atoms with Gasteiger partial charge in [0.15, 0.2) is 6.61 Å². The Labute approximate surface area is 114 Å². The molecule has 0 bridgehead atoms. The summed E-state index contributed by atoms with van der Waals surface area (Å²) in [6.07, 6.45) is 0. The highest BCUT2D eigenvalue weighted by Gasteiger charge is 2.10. The molecule has 0 aliphatic rings. The van der Waals surface area contributed by atoms with Crippen LogP contribution in [-0.4, -0.2) is 22.3 Å². The molecule has 94 valence electrons. The maximum Gasteiger partial charge on any atom is 0.284 e. The molecule has 0 N–H and O–H groups in total. The summed E-state index contributed by atoms with van der Waals surface area (Å²) in [6, 6.07) is 9.23. The lowest BCUT2D eigenvalue weighted by Crippen LogP contribution is -2.21. The predicted octanol–water partition coefficient (Wildman–Crippen LogP) is 2.98. The van der Waals surface area contributed by atoms with Crippen molar-refractivity contribution in [2.24, 2.45) is 0 Å². The number of carbonyl (C=O) groups excluding carboxylic acids is 1. The third-order valence-corrected chi connectivity index (χ3v) is 2.90. The van der Waals surface area contributed by atoms with Gasteiger partial charge in [0.25, 0.3) is 5.91 Å². The normalized spacial score (nSPS) is 10.4. The molecule has 1 aromatic carbocycles.